The highest BCUT2D eigenvalue weighted by atomic mass is 16.3. The quantitative estimate of drug-likeness (QED) is 0.441. The Morgan fingerprint density at radius 1 is 1.50 bits per heavy atom. The third-order valence-corrected chi connectivity index (χ3v) is 2.16. The zero-order valence-corrected chi connectivity index (χ0v) is 10.9. The Morgan fingerprint density at radius 2 is 2.33 bits per heavy atom. The maximum absolute atomic E-state index is 5.26. The van der Waals surface area contributed by atoms with Crippen molar-refractivity contribution < 1.29 is 4.42 Å². The van der Waals surface area contributed by atoms with E-state index in [0.29, 0.717) is 13.1 Å². The molecule has 0 atom stereocenters. The summed E-state index contributed by atoms with van der Waals surface area (Å²) in [5, 5.41) is 6.39. The summed E-state index contributed by atoms with van der Waals surface area (Å²) in [6.07, 6.45) is 4.31. The fourth-order valence-corrected chi connectivity index (χ4v) is 1.32. The van der Waals surface area contributed by atoms with E-state index < -0.39 is 0 Å². The van der Waals surface area contributed by atoms with Crippen LogP contribution in [-0.2, 0) is 6.42 Å². The second-order valence-electron chi connectivity index (χ2n) is 4.05. The summed E-state index contributed by atoms with van der Waals surface area (Å²) >= 11 is 0. The molecule has 0 aromatic carbocycles. The minimum Gasteiger partial charge on any atom is -0.469 e. The molecule has 4 heteroatoms. The zero-order valence-electron chi connectivity index (χ0n) is 10.9. The molecule has 0 aliphatic carbocycles. The number of nitrogens with zero attached hydrogens (tertiary/aromatic N) is 1. The second kappa shape index (κ2) is 8.17. The van der Waals surface area contributed by atoms with E-state index in [1.807, 2.05) is 19.1 Å². The van der Waals surface area contributed by atoms with E-state index in [-0.39, 0.29) is 0 Å². The molecule has 0 bridgehead atoms. The van der Waals surface area contributed by atoms with Gasteiger partial charge in [0.1, 0.15) is 5.76 Å². The van der Waals surface area contributed by atoms with Gasteiger partial charge in [-0.25, -0.2) is 4.99 Å². The minimum atomic E-state index is 0.618. The Bertz CT molecular complexity index is 393. The SMILES string of the molecule is C=CCNC(=NCC(=C)C)NCCc1ccco1. The molecule has 0 fully saturated rings. The van der Waals surface area contributed by atoms with E-state index in [0.717, 1.165) is 30.3 Å². The minimum absolute atomic E-state index is 0.618. The average Bonchev–Trinajstić information content (AvgIpc) is 2.84. The Kier molecular flexibility index (Phi) is 6.40. The number of guanidine groups is 1. The number of aliphatic imine (C=N–C) groups is 1. The van der Waals surface area contributed by atoms with Gasteiger partial charge in [-0.2, -0.15) is 0 Å². The van der Waals surface area contributed by atoms with Crippen molar-refractivity contribution in [2.45, 2.75) is 13.3 Å². The van der Waals surface area contributed by atoms with Gasteiger partial charge in [-0.15, -0.1) is 6.58 Å². The third-order valence-electron chi connectivity index (χ3n) is 2.16. The van der Waals surface area contributed by atoms with Crippen LogP contribution in [-0.4, -0.2) is 25.6 Å². The van der Waals surface area contributed by atoms with Crippen molar-refractivity contribution in [1.82, 2.24) is 10.6 Å². The van der Waals surface area contributed by atoms with Gasteiger partial charge in [0.05, 0.1) is 12.8 Å². The molecular weight excluding hydrogens is 226 g/mol. The molecule has 98 valence electrons. The summed E-state index contributed by atoms with van der Waals surface area (Å²) in [4.78, 5) is 4.40. The molecule has 1 aromatic rings. The average molecular weight is 247 g/mol. The van der Waals surface area contributed by atoms with E-state index >= 15 is 0 Å². The maximum atomic E-state index is 5.26. The molecule has 0 saturated heterocycles. The van der Waals surface area contributed by atoms with Gasteiger partial charge in [-0.05, 0) is 19.1 Å². The van der Waals surface area contributed by atoms with Crippen molar-refractivity contribution in [2.75, 3.05) is 19.6 Å². The summed E-state index contributed by atoms with van der Waals surface area (Å²) in [6, 6.07) is 3.85. The van der Waals surface area contributed by atoms with Crippen molar-refractivity contribution in [3.8, 4) is 0 Å². The number of rotatable bonds is 7. The highest BCUT2D eigenvalue weighted by molar-refractivity contribution is 5.80. The van der Waals surface area contributed by atoms with Crippen molar-refractivity contribution in [1.29, 1.82) is 0 Å². The molecule has 2 N–H and O–H groups in total. The van der Waals surface area contributed by atoms with Crippen LogP contribution in [0.5, 0.6) is 0 Å². The van der Waals surface area contributed by atoms with Crippen LogP contribution in [0, 0.1) is 0 Å². The summed E-state index contributed by atoms with van der Waals surface area (Å²) in [5.41, 5.74) is 1.03. The lowest BCUT2D eigenvalue weighted by molar-refractivity contribution is 0.507. The molecule has 0 unspecified atom stereocenters. The van der Waals surface area contributed by atoms with Crippen LogP contribution in [0.3, 0.4) is 0 Å². The predicted octanol–water partition coefficient (Wildman–Crippen LogP) is 2.12. The summed E-state index contributed by atoms with van der Waals surface area (Å²) in [6.45, 7) is 11.5. The third kappa shape index (κ3) is 5.94. The number of hydrogen-bond donors (Lipinski definition) is 2. The van der Waals surface area contributed by atoms with Gasteiger partial charge in [0, 0.05) is 19.5 Å². The van der Waals surface area contributed by atoms with Gasteiger partial charge < -0.3 is 15.1 Å². The Hall–Kier alpha value is -1.97. The first-order valence-electron chi connectivity index (χ1n) is 6.02. The topological polar surface area (TPSA) is 49.6 Å². The largest absolute Gasteiger partial charge is 0.469 e. The molecule has 0 aliphatic rings. The molecule has 18 heavy (non-hydrogen) atoms. The lowest BCUT2D eigenvalue weighted by Crippen LogP contribution is -2.38. The number of hydrogen-bond acceptors (Lipinski definition) is 2. The van der Waals surface area contributed by atoms with Crippen LogP contribution >= 0.6 is 0 Å². The predicted molar refractivity (Wildman–Crippen MR) is 75.7 cm³/mol. The van der Waals surface area contributed by atoms with Crippen LogP contribution in [0.4, 0.5) is 0 Å². The fourth-order valence-electron chi connectivity index (χ4n) is 1.32. The van der Waals surface area contributed by atoms with Crippen LogP contribution in [0.15, 0.2) is 52.6 Å². The molecule has 0 aliphatic heterocycles. The second-order valence-corrected chi connectivity index (χ2v) is 4.05. The van der Waals surface area contributed by atoms with E-state index in [1.165, 1.54) is 0 Å². The monoisotopic (exact) mass is 247 g/mol. The summed E-state index contributed by atoms with van der Waals surface area (Å²) < 4.78 is 5.26. The highest BCUT2D eigenvalue weighted by Gasteiger charge is 1.99. The van der Waals surface area contributed by atoms with Gasteiger partial charge in [0.25, 0.3) is 0 Å². The normalized spacial score (nSPS) is 11.1. The van der Waals surface area contributed by atoms with Gasteiger partial charge in [-0.3, -0.25) is 0 Å². The molecule has 0 radical (unpaired) electrons. The molecular formula is C14H21N3O. The molecule has 0 amide bonds. The maximum Gasteiger partial charge on any atom is 0.191 e. The first-order valence-corrected chi connectivity index (χ1v) is 6.02. The molecule has 0 saturated carbocycles. The van der Waals surface area contributed by atoms with Crippen LogP contribution in [0.1, 0.15) is 12.7 Å². The van der Waals surface area contributed by atoms with Gasteiger partial charge in [0.15, 0.2) is 5.96 Å². The Morgan fingerprint density at radius 3 is 2.94 bits per heavy atom. The smallest absolute Gasteiger partial charge is 0.191 e. The van der Waals surface area contributed by atoms with Gasteiger partial charge >= 0.3 is 0 Å². The Labute approximate surface area is 108 Å². The van der Waals surface area contributed by atoms with Gasteiger partial charge in [-0.1, -0.05) is 18.2 Å². The summed E-state index contributed by atoms with van der Waals surface area (Å²) in [7, 11) is 0. The van der Waals surface area contributed by atoms with Crippen molar-refractivity contribution in [2.24, 2.45) is 4.99 Å². The van der Waals surface area contributed by atoms with E-state index in [9.17, 15) is 0 Å². The van der Waals surface area contributed by atoms with E-state index in [4.69, 9.17) is 4.42 Å². The molecule has 1 rings (SSSR count). The zero-order chi connectivity index (χ0) is 13.2. The first-order chi connectivity index (χ1) is 8.72. The molecule has 0 spiro atoms. The van der Waals surface area contributed by atoms with Crippen LogP contribution in [0.25, 0.3) is 0 Å². The molecule has 1 aromatic heterocycles. The fraction of sp³-hybridized carbons (Fsp3) is 0.357. The van der Waals surface area contributed by atoms with Crippen molar-refractivity contribution >= 4 is 5.96 Å². The lowest BCUT2D eigenvalue weighted by Gasteiger charge is -2.10. The van der Waals surface area contributed by atoms with Crippen LogP contribution < -0.4 is 10.6 Å². The first kappa shape index (κ1) is 14.1. The van der Waals surface area contributed by atoms with E-state index in [2.05, 4.69) is 28.8 Å². The van der Waals surface area contributed by atoms with Gasteiger partial charge in [0.2, 0.25) is 0 Å². The van der Waals surface area contributed by atoms with Crippen LogP contribution in [0.2, 0.25) is 0 Å². The number of furan rings is 1. The van der Waals surface area contributed by atoms with E-state index in [1.54, 1.807) is 12.3 Å². The van der Waals surface area contributed by atoms with Crippen molar-refractivity contribution in [3.05, 3.63) is 49.0 Å². The highest BCUT2D eigenvalue weighted by Crippen LogP contribution is 1.99. The molecule has 4 nitrogen and oxygen atoms in total. The lowest BCUT2D eigenvalue weighted by atomic mass is 10.3. The van der Waals surface area contributed by atoms with Crippen molar-refractivity contribution in [3.63, 3.8) is 0 Å². The number of nitrogens with one attached hydrogen (secondary N) is 2. The summed E-state index contributed by atoms with van der Waals surface area (Å²) in [5.74, 6) is 1.73. The standard InChI is InChI=1S/C14H21N3O/c1-4-8-15-14(17-11-12(2)3)16-9-7-13-6-5-10-18-13/h4-6,10H,1-2,7-9,11H2,3H3,(H2,15,16,17). The molecule has 1 heterocycles. The Balaban J connectivity index is 2.37.